The van der Waals surface area contributed by atoms with E-state index in [0.29, 0.717) is 0 Å². The molecule has 0 fully saturated rings. The molecule has 1 N–H and O–H groups in total. The molecule has 0 aliphatic carbocycles. The van der Waals surface area contributed by atoms with E-state index in [1.54, 1.807) is 14.0 Å². The van der Waals surface area contributed by atoms with E-state index in [2.05, 4.69) is 4.72 Å². The lowest BCUT2D eigenvalue weighted by atomic mass is 10.0. The number of hydrogen-bond donors (Lipinski definition) is 1. The van der Waals surface area contributed by atoms with Crippen LogP contribution in [0.4, 0.5) is 0 Å². The van der Waals surface area contributed by atoms with Gasteiger partial charge in [-0.3, -0.25) is 0 Å². The Morgan fingerprint density at radius 2 is 2.00 bits per heavy atom. The summed E-state index contributed by atoms with van der Waals surface area (Å²) in [4.78, 5) is 0. The van der Waals surface area contributed by atoms with Crippen molar-refractivity contribution >= 4 is 10.0 Å². The van der Waals surface area contributed by atoms with E-state index in [1.165, 1.54) is 0 Å². The van der Waals surface area contributed by atoms with E-state index < -0.39 is 10.0 Å². The highest BCUT2D eigenvalue weighted by atomic mass is 32.2. The third kappa shape index (κ3) is 4.11. The number of hydrogen-bond acceptors (Lipinski definition) is 3. The van der Waals surface area contributed by atoms with Gasteiger partial charge in [0.15, 0.2) is 0 Å². The second kappa shape index (κ2) is 6.14. The van der Waals surface area contributed by atoms with Crippen molar-refractivity contribution in [3.05, 3.63) is 35.4 Å². The average molecular weight is 257 g/mol. The quantitative estimate of drug-likeness (QED) is 0.842. The second-order valence-corrected chi connectivity index (χ2v) is 5.93. The molecule has 0 bridgehead atoms. The molecular formula is C12H19NO3S. The first-order chi connectivity index (χ1) is 8.00. The second-order valence-electron chi connectivity index (χ2n) is 3.83. The zero-order chi connectivity index (χ0) is 12.9. The summed E-state index contributed by atoms with van der Waals surface area (Å²) in [7, 11) is -1.59. The van der Waals surface area contributed by atoms with Gasteiger partial charge in [0.05, 0.1) is 11.9 Å². The average Bonchev–Trinajstić information content (AvgIpc) is 2.32. The van der Waals surface area contributed by atoms with E-state index in [1.807, 2.05) is 31.2 Å². The van der Waals surface area contributed by atoms with Gasteiger partial charge in [-0.05, 0) is 25.0 Å². The topological polar surface area (TPSA) is 55.4 Å². The van der Waals surface area contributed by atoms with E-state index in [-0.39, 0.29) is 18.4 Å². The van der Waals surface area contributed by atoms with Crippen LogP contribution in [0.2, 0.25) is 0 Å². The first kappa shape index (κ1) is 14.2. The van der Waals surface area contributed by atoms with Crippen molar-refractivity contribution in [1.82, 2.24) is 4.72 Å². The molecule has 0 amide bonds. The Labute approximate surface area is 103 Å². The molecule has 0 heterocycles. The van der Waals surface area contributed by atoms with Gasteiger partial charge in [0, 0.05) is 13.7 Å². The molecule has 0 radical (unpaired) electrons. The lowest BCUT2D eigenvalue weighted by Gasteiger charge is -2.18. The van der Waals surface area contributed by atoms with Crippen LogP contribution in [0.15, 0.2) is 24.3 Å². The summed E-state index contributed by atoms with van der Waals surface area (Å²) in [5.41, 5.74) is 2.10. The van der Waals surface area contributed by atoms with Gasteiger partial charge in [0.1, 0.15) is 0 Å². The maximum atomic E-state index is 11.4. The highest BCUT2D eigenvalue weighted by Crippen LogP contribution is 2.19. The fraction of sp³-hybridized carbons (Fsp3) is 0.500. The zero-order valence-corrected chi connectivity index (χ0v) is 11.3. The Kier molecular flexibility index (Phi) is 5.11. The molecule has 1 aromatic rings. The van der Waals surface area contributed by atoms with Crippen LogP contribution in [-0.4, -0.2) is 27.8 Å². The minimum Gasteiger partial charge on any atom is -0.375 e. The van der Waals surface area contributed by atoms with Gasteiger partial charge in [-0.25, -0.2) is 13.1 Å². The summed E-state index contributed by atoms with van der Waals surface area (Å²) in [5, 5.41) is 0. The van der Waals surface area contributed by atoms with Crippen molar-refractivity contribution in [2.75, 3.05) is 19.4 Å². The van der Waals surface area contributed by atoms with E-state index in [0.717, 1.165) is 11.1 Å². The summed E-state index contributed by atoms with van der Waals surface area (Å²) >= 11 is 0. The predicted octanol–water partition coefficient (Wildman–Crippen LogP) is 1.62. The van der Waals surface area contributed by atoms with Gasteiger partial charge in [0.2, 0.25) is 10.0 Å². The molecule has 17 heavy (non-hydrogen) atoms. The Bertz CT molecular complexity index is 457. The van der Waals surface area contributed by atoms with Crippen molar-refractivity contribution in [2.45, 2.75) is 20.0 Å². The highest BCUT2D eigenvalue weighted by molar-refractivity contribution is 7.89. The SMILES string of the molecule is CCS(=O)(=O)NCC(OC)c1ccccc1C. The van der Waals surface area contributed by atoms with Crippen molar-refractivity contribution in [3.8, 4) is 0 Å². The highest BCUT2D eigenvalue weighted by Gasteiger charge is 2.15. The third-order valence-electron chi connectivity index (χ3n) is 2.69. The Morgan fingerprint density at radius 1 is 1.35 bits per heavy atom. The number of ether oxygens (including phenoxy) is 1. The minimum atomic E-state index is -3.18. The number of benzene rings is 1. The monoisotopic (exact) mass is 257 g/mol. The van der Waals surface area contributed by atoms with Crippen molar-refractivity contribution < 1.29 is 13.2 Å². The van der Waals surface area contributed by atoms with Gasteiger partial charge >= 0.3 is 0 Å². The molecule has 5 heteroatoms. The van der Waals surface area contributed by atoms with Crippen molar-refractivity contribution in [2.24, 2.45) is 0 Å². The van der Waals surface area contributed by atoms with Gasteiger partial charge in [-0.2, -0.15) is 0 Å². The molecule has 0 aromatic heterocycles. The largest absolute Gasteiger partial charge is 0.375 e. The normalized spacial score (nSPS) is 13.6. The van der Waals surface area contributed by atoms with Gasteiger partial charge < -0.3 is 4.74 Å². The van der Waals surface area contributed by atoms with Crippen LogP contribution in [0.3, 0.4) is 0 Å². The van der Waals surface area contributed by atoms with Gasteiger partial charge in [-0.1, -0.05) is 24.3 Å². The maximum absolute atomic E-state index is 11.4. The van der Waals surface area contributed by atoms with Gasteiger partial charge in [0.25, 0.3) is 0 Å². The smallest absolute Gasteiger partial charge is 0.211 e. The zero-order valence-electron chi connectivity index (χ0n) is 10.4. The molecule has 1 unspecified atom stereocenters. The first-order valence-corrected chi connectivity index (χ1v) is 7.21. The standard InChI is InChI=1S/C12H19NO3S/c1-4-17(14,15)13-9-12(16-3)11-8-6-5-7-10(11)2/h5-8,12-13H,4,9H2,1-3H3. The minimum absolute atomic E-state index is 0.0806. The van der Waals surface area contributed by atoms with E-state index in [9.17, 15) is 8.42 Å². The fourth-order valence-corrected chi connectivity index (χ4v) is 2.18. The Morgan fingerprint density at radius 3 is 2.53 bits per heavy atom. The van der Waals surface area contributed by atoms with Crippen LogP contribution in [0.1, 0.15) is 24.2 Å². The van der Waals surface area contributed by atoms with E-state index in [4.69, 9.17) is 4.74 Å². The first-order valence-electron chi connectivity index (χ1n) is 5.56. The molecule has 0 spiro atoms. The Hall–Kier alpha value is -0.910. The van der Waals surface area contributed by atoms with E-state index >= 15 is 0 Å². The van der Waals surface area contributed by atoms with Crippen molar-refractivity contribution in [3.63, 3.8) is 0 Å². The number of sulfonamides is 1. The third-order valence-corrected chi connectivity index (χ3v) is 4.06. The summed E-state index contributed by atoms with van der Waals surface area (Å²) < 4.78 is 30.6. The molecule has 0 aliphatic rings. The molecule has 0 saturated heterocycles. The molecule has 0 saturated carbocycles. The molecule has 1 rings (SSSR count). The fourth-order valence-electron chi connectivity index (χ4n) is 1.57. The number of methoxy groups -OCH3 is 1. The number of rotatable bonds is 6. The maximum Gasteiger partial charge on any atom is 0.211 e. The number of nitrogens with one attached hydrogen (secondary N) is 1. The summed E-state index contributed by atoms with van der Waals surface area (Å²) in [6.07, 6.45) is -0.252. The lowest BCUT2D eigenvalue weighted by Crippen LogP contribution is -2.30. The van der Waals surface area contributed by atoms with Crippen LogP contribution < -0.4 is 4.72 Å². The van der Waals surface area contributed by atoms with Crippen LogP contribution in [0.5, 0.6) is 0 Å². The molecule has 1 atom stereocenters. The lowest BCUT2D eigenvalue weighted by molar-refractivity contribution is 0.107. The molecule has 1 aromatic carbocycles. The summed E-state index contributed by atoms with van der Waals surface area (Å²) in [5.74, 6) is 0.0806. The van der Waals surface area contributed by atoms with Crippen molar-refractivity contribution in [1.29, 1.82) is 0 Å². The summed E-state index contributed by atoms with van der Waals surface area (Å²) in [6, 6.07) is 7.80. The molecular weight excluding hydrogens is 238 g/mol. The van der Waals surface area contributed by atoms with Crippen LogP contribution in [0, 0.1) is 6.92 Å². The Balaban J connectivity index is 2.77. The summed E-state index contributed by atoms with van der Waals surface area (Å²) in [6.45, 7) is 3.85. The predicted molar refractivity (Wildman–Crippen MR) is 68.4 cm³/mol. The van der Waals surface area contributed by atoms with Crippen LogP contribution >= 0.6 is 0 Å². The van der Waals surface area contributed by atoms with Gasteiger partial charge in [-0.15, -0.1) is 0 Å². The molecule has 96 valence electrons. The number of aryl methyl sites for hydroxylation is 1. The molecule has 0 aliphatic heterocycles. The van der Waals surface area contributed by atoms with Crippen LogP contribution in [0.25, 0.3) is 0 Å². The van der Waals surface area contributed by atoms with Crippen LogP contribution in [-0.2, 0) is 14.8 Å². The molecule has 4 nitrogen and oxygen atoms in total.